The largest absolute Gasteiger partial charge is 0.492 e. The topological polar surface area (TPSA) is 46.5 Å². The minimum Gasteiger partial charge on any atom is -0.492 e. The lowest BCUT2D eigenvalue weighted by molar-refractivity contribution is -0.153. The van der Waals surface area contributed by atoms with Crippen LogP contribution < -0.4 is 4.74 Å². The fraction of sp³-hybridized carbons (Fsp3) is 0.562. The Hall–Kier alpha value is -1.51. The van der Waals surface area contributed by atoms with Gasteiger partial charge in [0.05, 0.1) is 0 Å². The second kappa shape index (κ2) is 6.09. The Morgan fingerprint density at radius 1 is 1.32 bits per heavy atom. The van der Waals surface area contributed by atoms with E-state index < -0.39 is 11.4 Å². The molecule has 104 valence electrons. The molecular weight excluding hydrogens is 240 g/mol. The molecule has 1 aromatic carbocycles. The van der Waals surface area contributed by atoms with Gasteiger partial charge in [-0.1, -0.05) is 38.3 Å². The molecule has 1 N–H and O–H groups in total. The standard InChI is InChI=1S/C16H22O3/c1-2-13-7-6-8-14(11-13)19-12-16(15(17)18)9-4-3-5-10-16/h6-8,11H,2-5,9-10,12H2,1H3,(H,17,18). The first-order valence-corrected chi connectivity index (χ1v) is 7.11. The lowest BCUT2D eigenvalue weighted by atomic mass is 9.75. The SMILES string of the molecule is CCc1cccc(OCC2(C(=O)O)CCCCC2)c1. The molecule has 0 radical (unpaired) electrons. The van der Waals surface area contributed by atoms with Crippen molar-refractivity contribution in [3.63, 3.8) is 0 Å². The van der Waals surface area contributed by atoms with Gasteiger partial charge in [0.15, 0.2) is 0 Å². The van der Waals surface area contributed by atoms with Crippen molar-refractivity contribution in [1.29, 1.82) is 0 Å². The van der Waals surface area contributed by atoms with Crippen LogP contribution in [0.4, 0.5) is 0 Å². The highest BCUT2D eigenvalue weighted by Crippen LogP contribution is 2.37. The van der Waals surface area contributed by atoms with Crippen LogP contribution in [0.25, 0.3) is 0 Å². The summed E-state index contributed by atoms with van der Waals surface area (Å²) in [6.07, 6.45) is 5.54. The first-order valence-electron chi connectivity index (χ1n) is 7.11. The highest BCUT2D eigenvalue weighted by Gasteiger charge is 2.40. The number of carboxylic acids is 1. The quantitative estimate of drug-likeness (QED) is 0.880. The van der Waals surface area contributed by atoms with Crippen LogP contribution in [0.1, 0.15) is 44.6 Å². The summed E-state index contributed by atoms with van der Waals surface area (Å²) in [5, 5.41) is 9.49. The van der Waals surface area contributed by atoms with Crippen molar-refractivity contribution in [2.24, 2.45) is 5.41 Å². The number of carbonyl (C=O) groups is 1. The molecule has 0 aliphatic heterocycles. The number of ether oxygens (including phenoxy) is 1. The van der Waals surface area contributed by atoms with Crippen molar-refractivity contribution in [3.05, 3.63) is 29.8 Å². The monoisotopic (exact) mass is 262 g/mol. The minimum absolute atomic E-state index is 0.287. The van der Waals surface area contributed by atoms with Gasteiger partial charge in [0.2, 0.25) is 0 Å². The van der Waals surface area contributed by atoms with E-state index in [1.807, 2.05) is 18.2 Å². The molecule has 0 amide bonds. The molecule has 0 spiro atoms. The normalized spacial score (nSPS) is 17.9. The van der Waals surface area contributed by atoms with Crippen LogP contribution >= 0.6 is 0 Å². The summed E-state index contributed by atoms with van der Waals surface area (Å²) in [6, 6.07) is 7.92. The van der Waals surface area contributed by atoms with Crippen LogP contribution in [0.2, 0.25) is 0 Å². The first-order chi connectivity index (χ1) is 9.16. The van der Waals surface area contributed by atoms with Gasteiger partial charge in [0.25, 0.3) is 0 Å². The van der Waals surface area contributed by atoms with Crippen molar-refractivity contribution in [3.8, 4) is 5.75 Å². The lowest BCUT2D eigenvalue weighted by Crippen LogP contribution is -2.38. The molecule has 19 heavy (non-hydrogen) atoms. The summed E-state index contributed by atoms with van der Waals surface area (Å²) < 4.78 is 5.77. The van der Waals surface area contributed by atoms with E-state index in [4.69, 9.17) is 4.74 Å². The predicted octanol–water partition coefficient (Wildman–Crippen LogP) is 3.66. The molecule has 1 aromatic rings. The Bertz CT molecular complexity index is 433. The van der Waals surface area contributed by atoms with Crippen LogP contribution in [0.5, 0.6) is 5.75 Å². The number of hydrogen-bond acceptors (Lipinski definition) is 2. The van der Waals surface area contributed by atoms with Gasteiger partial charge in [-0.15, -0.1) is 0 Å². The Labute approximate surface area is 114 Å². The Kier molecular flexibility index (Phi) is 4.46. The van der Waals surface area contributed by atoms with Crippen LogP contribution in [-0.2, 0) is 11.2 Å². The van der Waals surface area contributed by atoms with E-state index in [1.165, 1.54) is 5.56 Å². The Morgan fingerprint density at radius 2 is 2.05 bits per heavy atom. The van der Waals surface area contributed by atoms with Gasteiger partial charge >= 0.3 is 5.97 Å². The van der Waals surface area contributed by atoms with Crippen LogP contribution in [-0.4, -0.2) is 17.7 Å². The third kappa shape index (κ3) is 3.28. The second-order valence-electron chi connectivity index (χ2n) is 5.44. The van der Waals surface area contributed by atoms with Gasteiger partial charge in [0, 0.05) is 0 Å². The maximum atomic E-state index is 11.5. The Morgan fingerprint density at radius 3 is 2.68 bits per heavy atom. The number of aliphatic carboxylic acids is 1. The summed E-state index contributed by atoms with van der Waals surface area (Å²) in [5.41, 5.74) is 0.533. The summed E-state index contributed by atoms with van der Waals surface area (Å²) in [4.78, 5) is 11.5. The average Bonchev–Trinajstić information content (AvgIpc) is 2.46. The van der Waals surface area contributed by atoms with E-state index in [1.54, 1.807) is 0 Å². The fourth-order valence-corrected chi connectivity index (χ4v) is 2.73. The maximum absolute atomic E-state index is 11.5. The van der Waals surface area contributed by atoms with Crippen molar-refractivity contribution in [2.75, 3.05) is 6.61 Å². The average molecular weight is 262 g/mol. The highest BCUT2D eigenvalue weighted by atomic mass is 16.5. The molecule has 0 aromatic heterocycles. The predicted molar refractivity (Wildman–Crippen MR) is 74.5 cm³/mol. The highest BCUT2D eigenvalue weighted by molar-refractivity contribution is 5.75. The van der Waals surface area contributed by atoms with Gasteiger partial charge in [-0.3, -0.25) is 4.79 Å². The van der Waals surface area contributed by atoms with Crippen molar-refractivity contribution >= 4 is 5.97 Å². The zero-order valence-electron chi connectivity index (χ0n) is 11.5. The molecule has 1 aliphatic carbocycles. The van der Waals surface area contributed by atoms with Gasteiger partial charge in [-0.2, -0.15) is 0 Å². The smallest absolute Gasteiger partial charge is 0.313 e. The van der Waals surface area contributed by atoms with Crippen molar-refractivity contribution < 1.29 is 14.6 Å². The molecule has 1 aliphatic rings. The number of hydrogen-bond donors (Lipinski definition) is 1. The van der Waals surface area contributed by atoms with E-state index in [0.29, 0.717) is 0 Å². The summed E-state index contributed by atoms with van der Waals surface area (Å²) in [7, 11) is 0. The molecule has 0 heterocycles. The van der Waals surface area contributed by atoms with Gasteiger partial charge in [0.1, 0.15) is 17.8 Å². The van der Waals surface area contributed by atoms with E-state index in [0.717, 1.165) is 44.3 Å². The molecule has 1 saturated carbocycles. The number of aryl methyl sites for hydroxylation is 1. The molecule has 3 nitrogen and oxygen atoms in total. The molecule has 3 heteroatoms. The van der Waals surface area contributed by atoms with E-state index in [2.05, 4.69) is 13.0 Å². The van der Waals surface area contributed by atoms with Crippen molar-refractivity contribution in [1.82, 2.24) is 0 Å². The molecule has 2 rings (SSSR count). The molecule has 1 fully saturated rings. The lowest BCUT2D eigenvalue weighted by Gasteiger charge is -2.32. The first kappa shape index (κ1) is 13.9. The van der Waals surface area contributed by atoms with Crippen LogP contribution in [0, 0.1) is 5.41 Å². The third-order valence-electron chi connectivity index (χ3n) is 4.09. The number of rotatable bonds is 5. The van der Waals surface area contributed by atoms with Gasteiger partial charge in [-0.25, -0.2) is 0 Å². The Balaban J connectivity index is 2.04. The summed E-state index contributed by atoms with van der Waals surface area (Å²) in [6.45, 7) is 2.38. The second-order valence-corrected chi connectivity index (χ2v) is 5.44. The van der Waals surface area contributed by atoms with E-state index >= 15 is 0 Å². The zero-order valence-corrected chi connectivity index (χ0v) is 11.5. The molecular formula is C16H22O3. The maximum Gasteiger partial charge on any atom is 0.313 e. The van der Waals surface area contributed by atoms with Gasteiger partial charge < -0.3 is 9.84 Å². The summed E-state index contributed by atoms with van der Waals surface area (Å²) >= 11 is 0. The summed E-state index contributed by atoms with van der Waals surface area (Å²) in [5.74, 6) is 0.0735. The molecule has 0 bridgehead atoms. The van der Waals surface area contributed by atoms with Crippen LogP contribution in [0.15, 0.2) is 24.3 Å². The number of carboxylic acid groups (broad SMARTS) is 1. The molecule has 0 saturated heterocycles. The van der Waals surface area contributed by atoms with E-state index in [9.17, 15) is 9.90 Å². The van der Waals surface area contributed by atoms with E-state index in [-0.39, 0.29) is 6.61 Å². The third-order valence-corrected chi connectivity index (χ3v) is 4.09. The van der Waals surface area contributed by atoms with Crippen LogP contribution in [0.3, 0.4) is 0 Å². The van der Waals surface area contributed by atoms with Crippen molar-refractivity contribution in [2.45, 2.75) is 45.4 Å². The van der Waals surface area contributed by atoms with Gasteiger partial charge in [-0.05, 0) is 37.0 Å². The molecule has 0 atom stereocenters. The molecule has 0 unspecified atom stereocenters. The fourth-order valence-electron chi connectivity index (χ4n) is 2.73. The zero-order chi connectivity index (χ0) is 13.7. The minimum atomic E-state index is -0.709. The number of benzene rings is 1.